The van der Waals surface area contributed by atoms with E-state index in [1.165, 1.54) is 0 Å². The average molecular weight is 353 g/mol. The lowest BCUT2D eigenvalue weighted by atomic mass is 9.96. The van der Waals surface area contributed by atoms with Crippen LogP contribution >= 0.6 is 12.4 Å². The molecular formula is C17H25ClN4O2. The Morgan fingerprint density at radius 3 is 2.38 bits per heavy atom. The molecule has 1 amide bonds. The molecule has 0 aliphatic carbocycles. The molecule has 3 N–H and O–H groups in total. The molecule has 0 saturated carbocycles. The van der Waals surface area contributed by atoms with Gasteiger partial charge in [-0.15, -0.1) is 12.4 Å². The van der Waals surface area contributed by atoms with Crippen molar-refractivity contribution in [2.24, 2.45) is 5.73 Å². The Morgan fingerprint density at radius 1 is 1.21 bits per heavy atom. The van der Waals surface area contributed by atoms with Gasteiger partial charge in [-0.25, -0.2) is 0 Å². The van der Waals surface area contributed by atoms with Crippen LogP contribution in [0.25, 0.3) is 11.5 Å². The number of nitrogens with one attached hydrogen (secondary N) is 1. The highest BCUT2D eigenvalue weighted by atomic mass is 35.5. The van der Waals surface area contributed by atoms with Gasteiger partial charge in [-0.1, -0.05) is 38.1 Å². The summed E-state index contributed by atoms with van der Waals surface area (Å²) < 4.78 is 5.35. The molecule has 0 atom stereocenters. The molecule has 6 nitrogen and oxygen atoms in total. The van der Waals surface area contributed by atoms with Gasteiger partial charge in [-0.2, -0.15) is 4.98 Å². The maximum Gasteiger partial charge on any atom is 0.258 e. The van der Waals surface area contributed by atoms with Crippen molar-refractivity contribution in [2.75, 3.05) is 6.54 Å². The average Bonchev–Trinajstić information content (AvgIpc) is 2.93. The molecule has 24 heavy (non-hydrogen) atoms. The zero-order valence-corrected chi connectivity index (χ0v) is 15.5. The first-order valence-corrected chi connectivity index (χ1v) is 7.58. The number of amides is 1. The first-order valence-electron chi connectivity index (χ1n) is 7.58. The summed E-state index contributed by atoms with van der Waals surface area (Å²) in [4.78, 5) is 16.9. The smallest absolute Gasteiger partial charge is 0.258 e. The second-order valence-electron chi connectivity index (χ2n) is 7.39. The van der Waals surface area contributed by atoms with E-state index < -0.39 is 5.54 Å². The van der Waals surface area contributed by atoms with Gasteiger partial charge >= 0.3 is 0 Å². The molecular weight excluding hydrogens is 328 g/mol. The number of carbonyl (C=O) groups excluding carboxylic acids is 1. The molecule has 0 spiro atoms. The van der Waals surface area contributed by atoms with E-state index in [1.54, 1.807) is 18.2 Å². The van der Waals surface area contributed by atoms with Crippen molar-refractivity contribution in [2.45, 2.75) is 45.6 Å². The van der Waals surface area contributed by atoms with Gasteiger partial charge < -0.3 is 15.6 Å². The number of hydrogen-bond acceptors (Lipinski definition) is 5. The van der Waals surface area contributed by atoms with Crippen LogP contribution < -0.4 is 11.1 Å². The third kappa shape index (κ3) is 5.04. The number of nitrogens with zero attached hydrogens (tertiary/aromatic N) is 2. The van der Waals surface area contributed by atoms with Crippen molar-refractivity contribution in [1.82, 2.24) is 15.5 Å². The SMILES string of the molecule is CC(C)(N)CNC(=O)c1ccccc1-c1nc(C(C)(C)C)no1.Cl. The van der Waals surface area contributed by atoms with Crippen LogP contribution in [0.15, 0.2) is 28.8 Å². The molecule has 1 heterocycles. The summed E-state index contributed by atoms with van der Waals surface area (Å²) in [6, 6.07) is 7.16. The molecule has 0 bridgehead atoms. The van der Waals surface area contributed by atoms with Gasteiger partial charge in [0.15, 0.2) is 5.82 Å². The van der Waals surface area contributed by atoms with E-state index in [0.29, 0.717) is 29.4 Å². The van der Waals surface area contributed by atoms with Gasteiger partial charge in [0, 0.05) is 17.5 Å². The van der Waals surface area contributed by atoms with Crippen LogP contribution in [0.1, 0.15) is 50.8 Å². The van der Waals surface area contributed by atoms with E-state index >= 15 is 0 Å². The number of hydrogen-bond donors (Lipinski definition) is 2. The molecule has 0 aliphatic heterocycles. The molecule has 0 unspecified atom stereocenters. The fourth-order valence-electron chi connectivity index (χ4n) is 1.91. The number of halogens is 1. The molecule has 2 rings (SSSR count). The summed E-state index contributed by atoms with van der Waals surface area (Å²) in [5.74, 6) is 0.730. The highest BCUT2D eigenvalue weighted by Gasteiger charge is 2.24. The van der Waals surface area contributed by atoms with Gasteiger partial charge in [0.2, 0.25) is 0 Å². The monoisotopic (exact) mass is 352 g/mol. The summed E-state index contributed by atoms with van der Waals surface area (Å²) in [5, 5.41) is 6.84. The van der Waals surface area contributed by atoms with Crippen LogP contribution in [-0.4, -0.2) is 28.1 Å². The molecule has 7 heteroatoms. The maximum absolute atomic E-state index is 12.4. The Bertz CT molecular complexity index is 699. The van der Waals surface area contributed by atoms with E-state index in [1.807, 2.05) is 40.7 Å². The van der Waals surface area contributed by atoms with Gasteiger partial charge in [0.1, 0.15) is 0 Å². The molecule has 1 aromatic carbocycles. The van der Waals surface area contributed by atoms with Crippen molar-refractivity contribution in [3.8, 4) is 11.5 Å². The summed E-state index contributed by atoms with van der Waals surface area (Å²) in [6.45, 7) is 10.1. The minimum Gasteiger partial charge on any atom is -0.350 e. The zero-order valence-electron chi connectivity index (χ0n) is 14.7. The normalized spacial score (nSPS) is 11.8. The summed E-state index contributed by atoms with van der Waals surface area (Å²) in [7, 11) is 0. The van der Waals surface area contributed by atoms with E-state index in [0.717, 1.165) is 0 Å². The molecule has 0 radical (unpaired) electrons. The number of aromatic nitrogens is 2. The van der Waals surface area contributed by atoms with Crippen molar-refractivity contribution in [1.29, 1.82) is 0 Å². The minimum absolute atomic E-state index is 0. The summed E-state index contributed by atoms with van der Waals surface area (Å²) in [5.41, 5.74) is 6.31. The van der Waals surface area contributed by atoms with Crippen molar-refractivity contribution < 1.29 is 9.32 Å². The van der Waals surface area contributed by atoms with E-state index in [2.05, 4.69) is 15.5 Å². The lowest BCUT2D eigenvalue weighted by molar-refractivity contribution is 0.0946. The third-order valence-electron chi connectivity index (χ3n) is 3.20. The second kappa shape index (κ2) is 7.32. The third-order valence-corrected chi connectivity index (χ3v) is 3.20. The quantitative estimate of drug-likeness (QED) is 0.882. The molecule has 132 valence electrons. The number of carbonyl (C=O) groups is 1. The first-order chi connectivity index (χ1) is 10.6. The molecule has 0 fully saturated rings. The first kappa shape index (κ1) is 20.1. The topological polar surface area (TPSA) is 94.0 Å². The standard InChI is InChI=1S/C17H24N4O2.ClH/c1-16(2,3)15-20-14(23-21-15)12-9-7-6-8-11(12)13(22)19-10-17(4,5)18;/h6-9H,10,18H2,1-5H3,(H,19,22);1H. The predicted molar refractivity (Wildman–Crippen MR) is 96.3 cm³/mol. The lowest BCUT2D eigenvalue weighted by Crippen LogP contribution is -2.45. The van der Waals surface area contributed by atoms with Gasteiger partial charge in [0.05, 0.1) is 11.1 Å². The Balaban J connectivity index is 0.00000288. The number of nitrogens with two attached hydrogens (primary N) is 1. The molecule has 0 aliphatic rings. The van der Waals surface area contributed by atoms with Crippen LogP contribution in [0.4, 0.5) is 0 Å². The Kier molecular flexibility index (Phi) is 6.14. The largest absolute Gasteiger partial charge is 0.350 e. The summed E-state index contributed by atoms with van der Waals surface area (Å²) in [6.07, 6.45) is 0. The van der Waals surface area contributed by atoms with E-state index in [9.17, 15) is 4.79 Å². The Morgan fingerprint density at radius 2 is 1.83 bits per heavy atom. The van der Waals surface area contributed by atoms with Gasteiger partial charge in [0.25, 0.3) is 11.8 Å². The number of benzene rings is 1. The minimum atomic E-state index is -0.478. The predicted octanol–water partition coefficient (Wildman–Crippen LogP) is 2.92. The van der Waals surface area contributed by atoms with E-state index in [4.69, 9.17) is 10.3 Å². The number of rotatable bonds is 4. The van der Waals surface area contributed by atoms with Gasteiger partial charge in [-0.05, 0) is 26.0 Å². The van der Waals surface area contributed by atoms with Crippen LogP contribution in [0.3, 0.4) is 0 Å². The van der Waals surface area contributed by atoms with Crippen molar-refractivity contribution in [3.63, 3.8) is 0 Å². The van der Waals surface area contributed by atoms with Gasteiger partial charge in [-0.3, -0.25) is 4.79 Å². The van der Waals surface area contributed by atoms with Crippen LogP contribution in [0, 0.1) is 0 Å². The Hall–Kier alpha value is -1.92. The zero-order chi connectivity index (χ0) is 17.3. The Labute approximate surface area is 148 Å². The maximum atomic E-state index is 12.4. The molecule has 1 aromatic heterocycles. The van der Waals surface area contributed by atoms with E-state index in [-0.39, 0.29) is 23.7 Å². The fraction of sp³-hybridized carbons (Fsp3) is 0.471. The molecule has 0 saturated heterocycles. The lowest BCUT2D eigenvalue weighted by Gasteiger charge is -2.19. The van der Waals surface area contributed by atoms with Crippen LogP contribution in [-0.2, 0) is 5.41 Å². The highest BCUT2D eigenvalue weighted by molar-refractivity contribution is 5.99. The van der Waals surface area contributed by atoms with Crippen molar-refractivity contribution in [3.05, 3.63) is 35.7 Å². The molecule has 2 aromatic rings. The van der Waals surface area contributed by atoms with Crippen LogP contribution in [0.5, 0.6) is 0 Å². The second-order valence-corrected chi connectivity index (χ2v) is 7.39. The highest BCUT2D eigenvalue weighted by Crippen LogP contribution is 2.26. The fourth-order valence-corrected chi connectivity index (χ4v) is 1.91. The summed E-state index contributed by atoms with van der Waals surface area (Å²) >= 11 is 0. The van der Waals surface area contributed by atoms with Crippen LogP contribution in [0.2, 0.25) is 0 Å². The van der Waals surface area contributed by atoms with Crippen molar-refractivity contribution >= 4 is 18.3 Å².